The Bertz CT molecular complexity index is 330. The molecule has 3 nitrogen and oxygen atoms in total. The molecule has 3 aliphatic carbocycles. The van der Waals surface area contributed by atoms with Crippen LogP contribution < -0.4 is 5.32 Å². The molecule has 3 heteroatoms. The van der Waals surface area contributed by atoms with Crippen LogP contribution in [-0.4, -0.2) is 11.8 Å². The Balaban J connectivity index is 1.84. The molecule has 12 heavy (non-hydrogen) atoms. The standard InChI is InChI=1S/C9H9NO2/c11-6-3-9(7(12)10-6)4-1-8(4)2-5(8)9/h4-5H,1-3H2,(H,10,11,12). The minimum atomic E-state index is -0.197. The number of fused-ring (bicyclic) bond motifs is 2. The van der Waals surface area contributed by atoms with Crippen molar-refractivity contribution in [1.82, 2.24) is 5.32 Å². The molecule has 2 amide bonds. The van der Waals surface area contributed by atoms with Crippen molar-refractivity contribution in [3.8, 4) is 0 Å². The summed E-state index contributed by atoms with van der Waals surface area (Å²) in [4.78, 5) is 22.6. The van der Waals surface area contributed by atoms with Crippen molar-refractivity contribution in [2.45, 2.75) is 19.3 Å². The fourth-order valence-electron chi connectivity index (χ4n) is 3.99. The second-order valence-corrected chi connectivity index (χ2v) is 4.84. The second kappa shape index (κ2) is 1.15. The van der Waals surface area contributed by atoms with Gasteiger partial charge in [0.25, 0.3) is 0 Å². The monoisotopic (exact) mass is 163 g/mol. The Morgan fingerprint density at radius 3 is 2.33 bits per heavy atom. The molecule has 1 aliphatic heterocycles. The Morgan fingerprint density at radius 1 is 1.25 bits per heavy atom. The van der Waals surface area contributed by atoms with E-state index in [9.17, 15) is 9.59 Å². The van der Waals surface area contributed by atoms with Crippen LogP contribution in [0.4, 0.5) is 0 Å². The van der Waals surface area contributed by atoms with Gasteiger partial charge in [-0.2, -0.15) is 0 Å². The summed E-state index contributed by atoms with van der Waals surface area (Å²) in [5.74, 6) is 1.16. The molecule has 0 bridgehead atoms. The van der Waals surface area contributed by atoms with E-state index in [0.29, 0.717) is 23.7 Å². The molecule has 2 atom stereocenters. The first-order chi connectivity index (χ1) is 5.70. The molecule has 4 aliphatic rings. The van der Waals surface area contributed by atoms with E-state index in [1.807, 2.05) is 0 Å². The summed E-state index contributed by atoms with van der Waals surface area (Å²) >= 11 is 0. The molecular weight excluding hydrogens is 154 g/mol. The highest BCUT2D eigenvalue weighted by atomic mass is 16.2. The fraction of sp³-hybridized carbons (Fsp3) is 0.778. The number of imide groups is 1. The Labute approximate surface area is 69.5 Å². The molecule has 1 N–H and O–H groups in total. The van der Waals surface area contributed by atoms with E-state index in [2.05, 4.69) is 5.32 Å². The van der Waals surface area contributed by atoms with Gasteiger partial charge in [0.2, 0.25) is 11.8 Å². The van der Waals surface area contributed by atoms with Crippen LogP contribution in [0.1, 0.15) is 19.3 Å². The van der Waals surface area contributed by atoms with Gasteiger partial charge in [0.15, 0.2) is 0 Å². The molecular formula is C9H9NO2. The maximum atomic E-state index is 11.5. The van der Waals surface area contributed by atoms with Crippen LogP contribution in [0.2, 0.25) is 0 Å². The molecule has 0 aromatic carbocycles. The van der Waals surface area contributed by atoms with Gasteiger partial charge in [0, 0.05) is 6.42 Å². The minimum Gasteiger partial charge on any atom is -0.296 e. The van der Waals surface area contributed by atoms with Crippen LogP contribution in [0.5, 0.6) is 0 Å². The predicted octanol–water partition coefficient (Wildman–Crippen LogP) is 0.0591. The van der Waals surface area contributed by atoms with Crippen molar-refractivity contribution in [3.05, 3.63) is 0 Å². The molecule has 0 aromatic heterocycles. The first kappa shape index (κ1) is 5.73. The van der Waals surface area contributed by atoms with Gasteiger partial charge < -0.3 is 0 Å². The lowest BCUT2D eigenvalue weighted by Crippen LogP contribution is -2.42. The highest BCUT2D eigenvalue weighted by Gasteiger charge is 2.93. The smallest absolute Gasteiger partial charge is 0.233 e. The third-order valence-electron chi connectivity index (χ3n) is 4.61. The van der Waals surface area contributed by atoms with Gasteiger partial charge >= 0.3 is 0 Å². The van der Waals surface area contributed by atoms with Crippen molar-refractivity contribution in [2.24, 2.45) is 22.7 Å². The third-order valence-corrected chi connectivity index (χ3v) is 4.61. The van der Waals surface area contributed by atoms with E-state index in [-0.39, 0.29) is 17.2 Å². The van der Waals surface area contributed by atoms with Gasteiger partial charge in [0.05, 0.1) is 5.41 Å². The van der Waals surface area contributed by atoms with Crippen LogP contribution in [0.3, 0.4) is 0 Å². The summed E-state index contributed by atoms with van der Waals surface area (Å²) in [5, 5.41) is 2.44. The van der Waals surface area contributed by atoms with Crippen LogP contribution in [0, 0.1) is 22.7 Å². The highest BCUT2D eigenvalue weighted by molar-refractivity contribution is 6.08. The average molecular weight is 163 g/mol. The zero-order chi connectivity index (χ0) is 8.14. The topological polar surface area (TPSA) is 46.2 Å². The Kier molecular flexibility index (Phi) is 0.549. The zero-order valence-corrected chi connectivity index (χ0v) is 6.59. The molecule has 0 aromatic rings. The average Bonchev–Trinajstić information content (AvgIpc) is 2.84. The largest absolute Gasteiger partial charge is 0.296 e. The summed E-state index contributed by atoms with van der Waals surface area (Å²) < 4.78 is 0. The number of hydrogen-bond acceptors (Lipinski definition) is 2. The SMILES string of the molecule is O=C1CC2(C(=O)N1)C1CC13CC32. The fourth-order valence-corrected chi connectivity index (χ4v) is 3.99. The van der Waals surface area contributed by atoms with Crippen molar-refractivity contribution in [2.75, 3.05) is 0 Å². The van der Waals surface area contributed by atoms with Gasteiger partial charge in [-0.25, -0.2) is 0 Å². The number of carbonyl (C=O) groups excluding carboxylic acids is 2. The third kappa shape index (κ3) is 0.311. The van der Waals surface area contributed by atoms with Crippen molar-refractivity contribution >= 4 is 11.8 Å². The number of carbonyl (C=O) groups is 2. The molecule has 3 saturated carbocycles. The molecule has 1 saturated heterocycles. The number of nitrogens with one attached hydrogen (secondary N) is 1. The first-order valence-corrected chi connectivity index (χ1v) is 4.54. The quantitative estimate of drug-likeness (QED) is 0.513. The molecule has 4 rings (SSSR count). The molecule has 4 fully saturated rings. The van der Waals surface area contributed by atoms with Crippen molar-refractivity contribution in [3.63, 3.8) is 0 Å². The first-order valence-electron chi connectivity index (χ1n) is 4.54. The van der Waals surface area contributed by atoms with E-state index in [1.165, 1.54) is 12.8 Å². The summed E-state index contributed by atoms with van der Waals surface area (Å²) in [7, 11) is 0. The number of rotatable bonds is 0. The van der Waals surface area contributed by atoms with Gasteiger partial charge in [-0.05, 0) is 30.1 Å². The molecule has 2 spiro atoms. The summed E-state index contributed by atoms with van der Waals surface area (Å²) in [5.41, 5.74) is 0.388. The normalized spacial score (nSPS) is 63.7. The van der Waals surface area contributed by atoms with Crippen LogP contribution >= 0.6 is 0 Å². The van der Waals surface area contributed by atoms with Gasteiger partial charge in [-0.15, -0.1) is 0 Å². The van der Waals surface area contributed by atoms with Gasteiger partial charge in [-0.3, -0.25) is 14.9 Å². The summed E-state index contributed by atoms with van der Waals surface area (Å²) in [6.07, 6.45) is 2.93. The number of amides is 2. The minimum absolute atomic E-state index is 0.0353. The maximum absolute atomic E-state index is 11.5. The molecule has 0 radical (unpaired) electrons. The van der Waals surface area contributed by atoms with E-state index < -0.39 is 0 Å². The Morgan fingerprint density at radius 2 is 1.92 bits per heavy atom. The molecule has 1 heterocycles. The van der Waals surface area contributed by atoms with E-state index >= 15 is 0 Å². The van der Waals surface area contributed by atoms with Crippen LogP contribution in [-0.2, 0) is 9.59 Å². The van der Waals surface area contributed by atoms with Gasteiger partial charge in [-0.1, -0.05) is 0 Å². The molecule has 2 unspecified atom stereocenters. The van der Waals surface area contributed by atoms with E-state index in [4.69, 9.17) is 0 Å². The predicted molar refractivity (Wildman–Crippen MR) is 38.8 cm³/mol. The van der Waals surface area contributed by atoms with Crippen LogP contribution in [0.25, 0.3) is 0 Å². The lowest BCUT2D eigenvalue weighted by atomic mass is 9.67. The molecule has 62 valence electrons. The zero-order valence-electron chi connectivity index (χ0n) is 6.59. The maximum Gasteiger partial charge on any atom is 0.233 e. The van der Waals surface area contributed by atoms with Crippen LogP contribution in [0.15, 0.2) is 0 Å². The second-order valence-electron chi connectivity index (χ2n) is 4.84. The lowest BCUT2D eigenvalue weighted by molar-refractivity contribution is -0.133. The van der Waals surface area contributed by atoms with Crippen molar-refractivity contribution in [1.29, 1.82) is 0 Å². The Hall–Kier alpha value is -0.860. The lowest BCUT2D eigenvalue weighted by Gasteiger charge is -2.32. The summed E-state index contributed by atoms with van der Waals surface area (Å²) in [6, 6.07) is 0. The highest BCUT2D eigenvalue weighted by Crippen LogP contribution is 2.95. The number of hydrogen-bond donors (Lipinski definition) is 1. The van der Waals surface area contributed by atoms with E-state index in [1.54, 1.807) is 0 Å². The van der Waals surface area contributed by atoms with E-state index in [0.717, 1.165) is 0 Å². The van der Waals surface area contributed by atoms with Crippen molar-refractivity contribution < 1.29 is 9.59 Å². The van der Waals surface area contributed by atoms with Gasteiger partial charge in [0.1, 0.15) is 0 Å². The summed E-state index contributed by atoms with van der Waals surface area (Å²) in [6.45, 7) is 0.